The quantitative estimate of drug-likeness (QED) is 0.0658. The van der Waals surface area contributed by atoms with Gasteiger partial charge in [-0.3, -0.25) is 39.2 Å². The number of hydrogen-bond donors (Lipinski definition) is 5. The molecule has 0 bridgehead atoms. The molecule has 0 saturated heterocycles. The Morgan fingerprint density at radius 1 is 0.782 bits per heavy atom. The van der Waals surface area contributed by atoms with Gasteiger partial charge in [-0.1, -0.05) is 0 Å². The topological polar surface area (TPSA) is 245 Å². The third-order valence-electron chi connectivity index (χ3n) is 8.86. The van der Waals surface area contributed by atoms with Crippen LogP contribution in [0.2, 0.25) is 0 Å². The summed E-state index contributed by atoms with van der Waals surface area (Å²) in [6.07, 6.45) is 1.45. The standard InChI is InChI=1S/C36H41IN12O6/c1-4-48-26(15-20(3)44-48)33(53)42-35-40-23-16-21(31(38)51)9-10-25(23)46(35)11-6-7-12-47-30-24(17-22(32(39)52)18-28(30)55-14-8-13-50)41-36(47)43-34(54)27-19-29(37)45-49(27)5-2/h9-10,15-19,50H,4-8,11-14H2,1-3H3,(H2,38,51)(H2,39,52)(H,40,42,53)(H,41,43,54). The van der Waals surface area contributed by atoms with E-state index >= 15 is 0 Å². The van der Waals surface area contributed by atoms with Gasteiger partial charge >= 0.3 is 0 Å². The molecule has 288 valence electrons. The molecule has 0 saturated carbocycles. The lowest BCUT2D eigenvalue weighted by Crippen LogP contribution is -2.20. The van der Waals surface area contributed by atoms with Crippen molar-refractivity contribution in [1.82, 2.24) is 38.7 Å². The number of nitrogens with two attached hydrogens (primary N) is 2. The first-order valence-electron chi connectivity index (χ1n) is 17.7. The van der Waals surface area contributed by atoms with Gasteiger partial charge < -0.3 is 30.4 Å². The van der Waals surface area contributed by atoms with Crippen LogP contribution in [0.4, 0.5) is 11.9 Å². The third-order valence-corrected chi connectivity index (χ3v) is 9.39. The number of imidazole rings is 2. The molecule has 6 rings (SSSR count). The normalized spacial score (nSPS) is 11.4. The summed E-state index contributed by atoms with van der Waals surface area (Å²) in [5.41, 5.74) is 15.2. The zero-order valence-electron chi connectivity index (χ0n) is 30.5. The first-order valence-corrected chi connectivity index (χ1v) is 18.8. The fourth-order valence-electron chi connectivity index (χ4n) is 6.30. The Bertz CT molecular complexity index is 2430. The average molecular weight is 865 g/mol. The van der Waals surface area contributed by atoms with Crippen LogP contribution in [0.5, 0.6) is 5.75 Å². The van der Waals surface area contributed by atoms with Gasteiger partial charge in [0, 0.05) is 56.4 Å². The molecule has 4 aromatic heterocycles. The molecular weight excluding hydrogens is 823 g/mol. The molecule has 6 aromatic rings. The lowest BCUT2D eigenvalue weighted by atomic mass is 10.1. The maximum atomic E-state index is 13.6. The van der Waals surface area contributed by atoms with Gasteiger partial charge in [0.25, 0.3) is 11.8 Å². The van der Waals surface area contributed by atoms with Gasteiger partial charge in [-0.2, -0.15) is 10.2 Å². The van der Waals surface area contributed by atoms with Gasteiger partial charge in [-0.25, -0.2) is 9.97 Å². The average Bonchev–Trinajstić information content (AvgIpc) is 3.92. The smallest absolute Gasteiger partial charge is 0.276 e. The van der Waals surface area contributed by atoms with E-state index in [2.05, 4.69) is 25.8 Å². The molecule has 0 aliphatic heterocycles. The number of halogens is 1. The Hall–Kier alpha value is -5.83. The number of ether oxygens (including phenoxy) is 1. The lowest BCUT2D eigenvalue weighted by molar-refractivity contribution is 0.0992. The molecule has 55 heavy (non-hydrogen) atoms. The zero-order valence-corrected chi connectivity index (χ0v) is 32.7. The number of nitrogens with zero attached hydrogens (tertiary/aromatic N) is 8. The van der Waals surface area contributed by atoms with Crippen molar-refractivity contribution in [3.63, 3.8) is 0 Å². The van der Waals surface area contributed by atoms with Crippen molar-refractivity contribution < 1.29 is 29.0 Å². The Balaban J connectivity index is 1.33. The molecular formula is C36H41IN12O6. The van der Waals surface area contributed by atoms with E-state index in [-0.39, 0.29) is 42.1 Å². The number of aromatic nitrogens is 8. The SMILES string of the molecule is CCn1nc(C)cc1C(=O)Nc1nc2cc(C(N)=O)ccc2n1CCCCn1c(NC(=O)c2cc(I)nn2CC)nc2cc(C(N)=O)cc(OCCCO)c21. The summed E-state index contributed by atoms with van der Waals surface area (Å²) in [4.78, 5) is 60.7. The Labute approximate surface area is 328 Å². The number of unbranched alkanes of at least 4 members (excludes halogenated alkanes) is 1. The Kier molecular flexibility index (Phi) is 11.8. The van der Waals surface area contributed by atoms with Crippen LogP contribution in [0.15, 0.2) is 42.5 Å². The van der Waals surface area contributed by atoms with Crippen LogP contribution in [-0.2, 0) is 26.2 Å². The highest BCUT2D eigenvalue weighted by atomic mass is 127. The largest absolute Gasteiger partial charge is 0.491 e. The van der Waals surface area contributed by atoms with Gasteiger partial charge in [-0.15, -0.1) is 0 Å². The number of fused-ring (bicyclic) bond motifs is 2. The molecule has 4 amide bonds. The summed E-state index contributed by atoms with van der Waals surface area (Å²) in [6.45, 7) is 7.38. The summed E-state index contributed by atoms with van der Waals surface area (Å²) in [5.74, 6) is -1.27. The van der Waals surface area contributed by atoms with Crippen molar-refractivity contribution in [2.45, 2.75) is 66.2 Å². The van der Waals surface area contributed by atoms with Crippen molar-refractivity contribution in [3.05, 3.63) is 74.4 Å². The molecule has 0 spiro atoms. The van der Waals surface area contributed by atoms with E-state index in [1.807, 2.05) is 52.5 Å². The molecule has 19 heteroatoms. The number of aliphatic hydroxyl groups excluding tert-OH is 1. The fourth-order valence-corrected chi connectivity index (χ4v) is 6.85. The van der Waals surface area contributed by atoms with Gasteiger partial charge in [0.1, 0.15) is 26.4 Å². The number of nitrogens with one attached hydrogen (secondary N) is 2. The molecule has 2 aromatic carbocycles. The van der Waals surface area contributed by atoms with Gasteiger partial charge in [-0.05, 0) is 92.6 Å². The van der Waals surface area contributed by atoms with E-state index in [1.54, 1.807) is 45.8 Å². The molecule has 0 fully saturated rings. The van der Waals surface area contributed by atoms with Crippen molar-refractivity contribution in [2.75, 3.05) is 23.8 Å². The number of aliphatic hydroxyl groups is 1. The highest BCUT2D eigenvalue weighted by Crippen LogP contribution is 2.32. The van der Waals surface area contributed by atoms with Crippen LogP contribution in [0.1, 0.15) is 80.5 Å². The molecule has 0 atom stereocenters. The van der Waals surface area contributed by atoms with E-state index in [9.17, 15) is 24.3 Å². The van der Waals surface area contributed by atoms with Crippen LogP contribution in [-0.4, -0.2) is 80.6 Å². The second-order valence-corrected chi connectivity index (χ2v) is 13.7. The van der Waals surface area contributed by atoms with Gasteiger partial charge in [0.2, 0.25) is 23.7 Å². The summed E-state index contributed by atoms with van der Waals surface area (Å²) >= 11 is 2.05. The number of rotatable bonds is 17. The van der Waals surface area contributed by atoms with E-state index in [1.165, 1.54) is 6.07 Å². The molecule has 18 nitrogen and oxygen atoms in total. The van der Waals surface area contributed by atoms with E-state index in [4.69, 9.17) is 21.2 Å². The second-order valence-electron chi connectivity index (χ2n) is 12.6. The van der Waals surface area contributed by atoms with Crippen LogP contribution in [0.3, 0.4) is 0 Å². The molecule has 4 heterocycles. The summed E-state index contributed by atoms with van der Waals surface area (Å²) in [7, 11) is 0. The van der Waals surface area contributed by atoms with Crippen LogP contribution < -0.4 is 26.8 Å². The molecule has 0 aliphatic carbocycles. The number of primary amides is 2. The number of anilines is 2. The summed E-state index contributed by atoms with van der Waals surface area (Å²) in [5, 5.41) is 24.0. The Morgan fingerprint density at radius 3 is 2.04 bits per heavy atom. The van der Waals surface area contributed by atoms with Gasteiger partial charge in [0.05, 0.1) is 28.9 Å². The number of amides is 4. The van der Waals surface area contributed by atoms with E-state index in [0.29, 0.717) is 94.0 Å². The summed E-state index contributed by atoms with van der Waals surface area (Å²) in [6, 6.07) is 11.4. The van der Waals surface area contributed by atoms with Crippen molar-refractivity contribution in [2.24, 2.45) is 11.5 Å². The predicted octanol–water partition coefficient (Wildman–Crippen LogP) is 3.68. The number of benzene rings is 2. The van der Waals surface area contributed by atoms with Crippen molar-refractivity contribution in [1.29, 1.82) is 0 Å². The van der Waals surface area contributed by atoms with Crippen LogP contribution in [0, 0.1) is 10.6 Å². The number of hydrogen-bond acceptors (Lipinski definition) is 10. The number of carbonyl (C=O) groups is 4. The van der Waals surface area contributed by atoms with E-state index < -0.39 is 17.7 Å². The summed E-state index contributed by atoms with van der Waals surface area (Å²) < 4.78 is 13.6. The number of aryl methyl sites for hydroxylation is 5. The highest BCUT2D eigenvalue weighted by Gasteiger charge is 2.23. The van der Waals surface area contributed by atoms with E-state index in [0.717, 1.165) is 0 Å². The number of carbonyl (C=O) groups excluding carboxylic acids is 4. The fraction of sp³-hybridized carbons (Fsp3) is 0.333. The first kappa shape index (κ1) is 38.9. The van der Waals surface area contributed by atoms with Crippen molar-refractivity contribution >= 4 is 80.2 Å². The maximum Gasteiger partial charge on any atom is 0.276 e. The molecule has 0 aliphatic rings. The van der Waals surface area contributed by atoms with Crippen molar-refractivity contribution in [3.8, 4) is 5.75 Å². The van der Waals surface area contributed by atoms with Crippen LogP contribution >= 0.6 is 22.6 Å². The molecule has 7 N–H and O–H groups in total. The second kappa shape index (κ2) is 16.7. The first-order chi connectivity index (χ1) is 26.4. The Morgan fingerprint density at radius 2 is 1.38 bits per heavy atom. The lowest BCUT2D eigenvalue weighted by Gasteiger charge is -2.15. The third kappa shape index (κ3) is 8.31. The minimum Gasteiger partial charge on any atom is -0.491 e. The van der Waals surface area contributed by atoms with Gasteiger partial charge in [0.15, 0.2) is 0 Å². The molecule has 0 unspecified atom stereocenters. The monoisotopic (exact) mass is 864 g/mol. The minimum atomic E-state index is -0.678. The zero-order chi connectivity index (χ0) is 39.4. The molecule has 0 radical (unpaired) electrons. The minimum absolute atomic E-state index is 0.0970. The highest BCUT2D eigenvalue weighted by molar-refractivity contribution is 14.1. The predicted molar refractivity (Wildman–Crippen MR) is 212 cm³/mol. The van der Waals surface area contributed by atoms with Crippen LogP contribution in [0.25, 0.3) is 22.1 Å². The maximum absolute atomic E-state index is 13.6.